The highest BCUT2D eigenvalue weighted by Gasteiger charge is 2.11. The van der Waals surface area contributed by atoms with Crippen LogP contribution in [0.2, 0.25) is 0 Å². The Morgan fingerprint density at radius 1 is 1.33 bits per heavy atom. The Kier molecular flexibility index (Phi) is 3.41. The monoisotopic (exact) mass is 244 g/mol. The molecule has 0 spiro atoms. The predicted molar refractivity (Wildman–Crippen MR) is 74.5 cm³/mol. The summed E-state index contributed by atoms with van der Waals surface area (Å²) in [5.41, 5.74) is 10.3. The van der Waals surface area contributed by atoms with E-state index >= 15 is 0 Å². The maximum absolute atomic E-state index is 10.8. The van der Waals surface area contributed by atoms with Gasteiger partial charge in [0, 0.05) is 30.1 Å². The van der Waals surface area contributed by atoms with Crippen LogP contribution >= 0.6 is 0 Å². The number of rotatable bonds is 4. The largest absolute Gasteiger partial charge is 0.370 e. The first-order chi connectivity index (χ1) is 8.50. The molecule has 0 aliphatic heterocycles. The van der Waals surface area contributed by atoms with Gasteiger partial charge >= 0.3 is 0 Å². The van der Waals surface area contributed by atoms with E-state index in [-0.39, 0.29) is 5.91 Å². The van der Waals surface area contributed by atoms with E-state index in [1.165, 1.54) is 27.7 Å². The van der Waals surface area contributed by atoms with Crippen LogP contribution in [-0.4, -0.2) is 10.5 Å². The number of carbonyl (C=O) groups is 1. The molecule has 96 valence electrons. The molecule has 1 amide bonds. The molecule has 0 aliphatic rings. The van der Waals surface area contributed by atoms with Crippen LogP contribution in [0.5, 0.6) is 0 Å². The van der Waals surface area contributed by atoms with Crippen LogP contribution < -0.4 is 5.73 Å². The van der Waals surface area contributed by atoms with Crippen molar-refractivity contribution < 1.29 is 4.79 Å². The number of benzene rings is 1. The average Bonchev–Trinajstić information content (AvgIpc) is 2.53. The number of nitrogens with two attached hydrogens (primary N) is 1. The molecule has 0 saturated carbocycles. The molecular formula is C15H20N2O. The summed E-state index contributed by atoms with van der Waals surface area (Å²) in [6.07, 6.45) is 2.19. The van der Waals surface area contributed by atoms with Gasteiger partial charge < -0.3 is 10.3 Å². The molecule has 0 fully saturated rings. The van der Waals surface area contributed by atoms with Crippen LogP contribution in [0, 0.1) is 13.8 Å². The van der Waals surface area contributed by atoms with Crippen molar-refractivity contribution in [2.75, 3.05) is 0 Å². The van der Waals surface area contributed by atoms with Gasteiger partial charge in [-0.25, -0.2) is 0 Å². The number of amides is 1. The summed E-state index contributed by atoms with van der Waals surface area (Å²) in [6, 6.07) is 6.52. The highest BCUT2D eigenvalue weighted by molar-refractivity contribution is 5.86. The fourth-order valence-electron chi connectivity index (χ4n) is 2.52. The minimum Gasteiger partial charge on any atom is -0.370 e. The number of aryl methyl sites for hydroxylation is 3. The van der Waals surface area contributed by atoms with Gasteiger partial charge in [0.05, 0.1) is 0 Å². The molecule has 2 rings (SSSR count). The van der Waals surface area contributed by atoms with Gasteiger partial charge in [0.1, 0.15) is 0 Å². The fourth-order valence-corrected chi connectivity index (χ4v) is 2.52. The first kappa shape index (κ1) is 12.7. The van der Waals surface area contributed by atoms with Gasteiger partial charge in [0.2, 0.25) is 5.91 Å². The van der Waals surface area contributed by atoms with Crippen LogP contribution in [-0.2, 0) is 18.3 Å². The summed E-state index contributed by atoms with van der Waals surface area (Å²) in [5.74, 6) is -0.218. The van der Waals surface area contributed by atoms with Gasteiger partial charge in [0.25, 0.3) is 0 Å². The summed E-state index contributed by atoms with van der Waals surface area (Å²) >= 11 is 0. The number of hydrogen-bond acceptors (Lipinski definition) is 1. The zero-order valence-corrected chi connectivity index (χ0v) is 11.3. The third kappa shape index (κ3) is 2.26. The molecule has 3 nitrogen and oxygen atoms in total. The second-order valence-corrected chi connectivity index (χ2v) is 4.96. The summed E-state index contributed by atoms with van der Waals surface area (Å²) in [4.78, 5) is 10.8. The number of carbonyl (C=O) groups excluding carboxylic acids is 1. The maximum atomic E-state index is 10.8. The zero-order valence-electron chi connectivity index (χ0n) is 11.3. The van der Waals surface area contributed by atoms with E-state index in [9.17, 15) is 4.79 Å². The standard InChI is InChI=1S/C15H20N2O/c1-10-7-8-14-13(9-10)12(11(2)17(14)3)5-4-6-15(16)18/h7-9H,4-6H2,1-3H3,(H2,16,18). The molecule has 2 N–H and O–H groups in total. The van der Waals surface area contributed by atoms with E-state index in [1.54, 1.807) is 0 Å². The Bertz CT molecular complexity index is 596. The first-order valence-corrected chi connectivity index (χ1v) is 6.33. The molecule has 0 saturated heterocycles. The van der Waals surface area contributed by atoms with Crippen molar-refractivity contribution in [3.63, 3.8) is 0 Å². The summed E-state index contributed by atoms with van der Waals surface area (Å²) < 4.78 is 2.22. The van der Waals surface area contributed by atoms with Crippen molar-refractivity contribution in [2.45, 2.75) is 33.1 Å². The second kappa shape index (κ2) is 4.84. The van der Waals surface area contributed by atoms with Crippen molar-refractivity contribution in [3.8, 4) is 0 Å². The lowest BCUT2D eigenvalue weighted by molar-refractivity contribution is -0.118. The second-order valence-electron chi connectivity index (χ2n) is 4.96. The topological polar surface area (TPSA) is 48.0 Å². The molecule has 0 aliphatic carbocycles. The lowest BCUT2D eigenvalue weighted by Gasteiger charge is -2.01. The molecule has 0 unspecified atom stereocenters. The number of fused-ring (bicyclic) bond motifs is 1. The first-order valence-electron chi connectivity index (χ1n) is 6.33. The van der Waals surface area contributed by atoms with Gasteiger partial charge in [-0.1, -0.05) is 11.6 Å². The van der Waals surface area contributed by atoms with Gasteiger partial charge in [0.15, 0.2) is 0 Å². The molecule has 2 aromatic rings. The van der Waals surface area contributed by atoms with Gasteiger partial charge in [-0.2, -0.15) is 0 Å². The molecule has 18 heavy (non-hydrogen) atoms. The molecule has 1 heterocycles. The highest BCUT2D eigenvalue weighted by atomic mass is 16.1. The number of nitrogens with zero attached hydrogens (tertiary/aromatic N) is 1. The van der Waals surface area contributed by atoms with E-state index in [4.69, 9.17) is 5.73 Å². The van der Waals surface area contributed by atoms with Gasteiger partial charge in [-0.3, -0.25) is 4.79 Å². The zero-order chi connectivity index (χ0) is 13.3. The number of hydrogen-bond donors (Lipinski definition) is 1. The highest BCUT2D eigenvalue weighted by Crippen LogP contribution is 2.27. The van der Waals surface area contributed by atoms with Crippen LogP contribution in [0.3, 0.4) is 0 Å². The van der Waals surface area contributed by atoms with Gasteiger partial charge in [-0.15, -0.1) is 0 Å². The predicted octanol–water partition coefficient (Wildman–Crippen LogP) is 2.60. The van der Waals surface area contributed by atoms with E-state index in [0.717, 1.165) is 12.8 Å². The van der Waals surface area contributed by atoms with Crippen LogP contribution in [0.25, 0.3) is 10.9 Å². The number of aromatic nitrogens is 1. The Morgan fingerprint density at radius 2 is 2.06 bits per heavy atom. The fraction of sp³-hybridized carbons (Fsp3) is 0.400. The van der Waals surface area contributed by atoms with E-state index in [0.29, 0.717) is 6.42 Å². The summed E-state index contributed by atoms with van der Waals surface area (Å²) in [5, 5.41) is 1.31. The smallest absolute Gasteiger partial charge is 0.217 e. The Labute approximate surface area is 108 Å². The molecule has 1 aromatic carbocycles. The molecule has 0 bridgehead atoms. The molecular weight excluding hydrogens is 224 g/mol. The van der Waals surface area contributed by atoms with Crippen molar-refractivity contribution in [3.05, 3.63) is 35.0 Å². The van der Waals surface area contributed by atoms with Crippen LogP contribution in [0.4, 0.5) is 0 Å². The maximum Gasteiger partial charge on any atom is 0.217 e. The molecule has 3 heteroatoms. The van der Waals surface area contributed by atoms with E-state index in [1.807, 2.05) is 0 Å². The van der Waals surface area contributed by atoms with Crippen molar-refractivity contribution in [1.82, 2.24) is 4.57 Å². The van der Waals surface area contributed by atoms with Crippen molar-refractivity contribution >= 4 is 16.8 Å². The van der Waals surface area contributed by atoms with Gasteiger partial charge in [-0.05, 0) is 44.4 Å². The SMILES string of the molecule is Cc1ccc2c(c1)c(CCCC(N)=O)c(C)n2C. The third-order valence-electron chi connectivity index (χ3n) is 3.63. The quantitative estimate of drug-likeness (QED) is 0.883. The average molecular weight is 244 g/mol. The van der Waals surface area contributed by atoms with Crippen LogP contribution in [0.15, 0.2) is 18.2 Å². The normalized spacial score (nSPS) is 11.1. The number of primary amides is 1. The lowest BCUT2D eigenvalue weighted by atomic mass is 10.0. The molecule has 0 atom stereocenters. The van der Waals surface area contributed by atoms with Crippen molar-refractivity contribution in [2.24, 2.45) is 12.8 Å². The lowest BCUT2D eigenvalue weighted by Crippen LogP contribution is -2.10. The van der Waals surface area contributed by atoms with E-state index < -0.39 is 0 Å². The molecule has 1 aromatic heterocycles. The van der Waals surface area contributed by atoms with E-state index in [2.05, 4.69) is 43.7 Å². The summed E-state index contributed by atoms with van der Waals surface area (Å²) in [7, 11) is 2.09. The minimum atomic E-state index is -0.218. The Balaban J connectivity index is 2.39. The molecule has 0 radical (unpaired) electrons. The minimum absolute atomic E-state index is 0.218. The third-order valence-corrected chi connectivity index (χ3v) is 3.63. The van der Waals surface area contributed by atoms with Crippen LogP contribution in [0.1, 0.15) is 29.7 Å². The Hall–Kier alpha value is -1.77. The summed E-state index contributed by atoms with van der Waals surface area (Å²) in [6.45, 7) is 4.24. The Morgan fingerprint density at radius 3 is 2.72 bits per heavy atom. The van der Waals surface area contributed by atoms with Crippen molar-refractivity contribution in [1.29, 1.82) is 0 Å².